The van der Waals surface area contributed by atoms with Crippen LogP contribution in [0.25, 0.3) is 44.4 Å². The number of hydrogen-bond donors (Lipinski definition) is 0. The Labute approximate surface area is 283 Å². The van der Waals surface area contributed by atoms with E-state index in [1.807, 2.05) is 24.4 Å². The minimum absolute atomic E-state index is 0.773. The van der Waals surface area contributed by atoms with E-state index < -0.39 is 0 Å². The minimum atomic E-state index is 0.773. The second-order valence-electron chi connectivity index (χ2n) is 12.7. The van der Waals surface area contributed by atoms with E-state index in [9.17, 15) is 0 Å². The molecule has 3 aromatic heterocycles. The van der Waals surface area contributed by atoms with Crippen LogP contribution < -0.4 is 4.74 Å². The van der Waals surface area contributed by atoms with Crippen molar-refractivity contribution in [2.45, 2.75) is 72.6 Å². The van der Waals surface area contributed by atoms with Gasteiger partial charge in [0, 0.05) is 34.7 Å². The Morgan fingerprint density at radius 1 is 0.688 bits per heavy atom. The molecule has 0 saturated carbocycles. The van der Waals surface area contributed by atoms with Gasteiger partial charge in [-0.15, -0.1) is 0 Å². The number of hydrogen-bond acceptors (Lipinski definition) is 3. The Kier molecular flexibility index (Phi) is 9.11. The number of fused-ring (bicyclic) bond motifs is 3. The molecule has 0 unspecified atom stereocenters. The smallest absolute Gasteiger partial charge is 0.137 e. The second kappa shape index (κ2) is 13.9. The van der Waals surface area contributed by atoms with Crippen molar-refractivity contribution in [3.63, 3.8) is 0 Å². The van der Waals surface area contributed by atoms with Crippen molar-refractivity contribution < 1.29 is 4.74 Å². The molecule has 242 valence electrons. The summed E-state index contributed by atoms with van der Waals surface area (Å²) < 4.78 is 11.0. The molecule has 0 radical (unpaired) electrons. The Morgan fingerprint density at radius 3 is 2.33 bits per heavy atom. The zero-order chi connectivity index (χ0) is 33.0. The van der Waals surface area contributed by atoms with Crippen LogP contribution in [0.3, 0.4) is 0 Å². The molecule has 5 nitrogen and oxygen atoms in total. The summed E-state index contributed by atoms with van der Waals surface area (Å²) in [6.07, 6.45) is 9.78. The number of ether oxygens (including phenoxy) is 1. The van der Waals surface area contributed by atoms with Crippen LogP contribution in [0.4, 0.5) is 0 Å². The lowest BCUT2D eigenvalue weighted by Gasteiger charge is -2.12. The molecule has 0 aliphatic heterocycles. The molecule has 3 heterocycles. The lowest BCUT2D eigenvalue weighted by molar-refractivity contribution is 0.482. The van der Waals surface area contributed by atoms with Crippen LogP contribution in [-0.2, 0) is 19.3 Å². The first-order valence-electron chi connectivity index (χ1n) is 17.5. The monoisotopic (exact) mass is 632 g/mol. The van der Waals surface area contributed by atoms with E-state index in [0.717, 1.165) is 59.0 Å². The topological polar surface area (TPSA) is 44.9 Å². The van der Waals surface area contributed by atoms with E-state index in [4.69, 9.17) is 14.8 Å². The van der Waals surface area contributed by atoms with Crippen molar-refractivity contribution in [2.75, 3.05) is 0 Å². The highest BCUT2D eigenvalue weighted by molar-refractivity contribution is 6.09. The van der Waals surface area contributed by atoms with Gasteiger partial charge in [0.1, 0.15) is 17.3 Å². The molecule has 0 amide bonds. The summed E-state index contributed by atoms with van der Waals surface area (Å²) >= 11 is 0. The Bertz CT molecular complexity index is 2190. The molecule has 4 aromatic carbocycles. The van der Waals surface area contributed by atoms with Gasteiger partial charge < -0.3 is 4.74 Å². The summed E-state index contributed by atoms with van der Waals surface area (Å²) in [5.74, 6) is 2.47. The summed E-state index contributed by atoms with van der Waals surface area (Å²) in [4.78, 5) is 4.80. The second-order valence-corrected chi connectivity index (χ2v) is 12.7. The molecule has 7 rings (SSSR count). The number of nitrogens with zero attached hydrogens (tertiary/aromatic N) is 4. The van der Waals surface area contributed by atoms with Crippen LogP contribution >= 0.6 is 0 Å². The highest BCUT2D eigenvalue weighted by atomic mass is 16.5. The Balaban J connectivity index is 1.27. The molecular formula is C43H44N4O. The Morgan fingerprint density at radius 2 is 1.54 bits per heavy atom. The first-order chi connectivity index (χ1) is 23.6. The van der Waals surface area contributed by atoms with E-state index >= 15 is 0 Å². The number of benzene rings is 4. The number of pyridine rings is 1. The molecule has 0 fully saturated rings. The molecule has 0 bridgehead atoms. The fraction of sp³-hybridized carbons (Fsp3) is 0.256. The van der Waals surface area contributed by atoms with E-state index in [1.165, 1.54) is 64.4 Å². The first kappa shape index (κ1) is 31.4. The predicted molar refractivity (Wildman–Crippen MR) is 199 cm³/mol. The molecule has 0 aliphatic rings. The number of aryl methyl sites for hydroxylation is 3. The van der Waals surface area contributed by atoms with Crippen molar-refractivity contribution in [1.29, 1.82) is 0 Å². The van der Waals surface area contributed by atoms with Crippen LogP contribution in [0.1, 0.15) is 69.0 Å². The van der Waals surface area contributed by atoms with Gasteiger partial charge in [0.25, 0.3) is 0 Å². The van der Waals surface area contributed by atoms with Crippen molar-refractivity contribution in [2.24, 2.45) is 0 Å². The standard InChI is InChI=1S/C43H44N4O/c1-5-8-9-11-15-31-20-23-40-37(27-31)36-22-21-35(29-41(36)46(40)42-26-30(4)24-25-44-42)48-34-19-14-18-33(28-34)47-39(7-3)43(38(6-2)45-47)32-16-12-10-13-17-32/h10,12-14,16-29H,5-9,11,15H2,1-4H3. The van der Waals surface area contributed by atoms with Crippen molar-refractivity contribution in [1.82, 2.24) is 19.3 Å². The van der Waals surface area contributed by atoms with Crippen LogP contribution in [0.15, 0.2) is 109 Å². The molecule has 0 spiro atoms. The zero-order valence-electron chi connectivity index (χ0n) is 28.5. The van der Waals surface area contributed by atoms with E-state index in [2.05, 4.69) is 122 Å². The molecule has 5 heteroatoms. The highest BCUT2D eigenvalue weighted by Gasteiger charge is 2.19. The SMILES string of the molecule is CCCCCCc1ccc2c(c1)c1ccc(Oc3cccc(-n4nc(CC)c(-c5ccccc5)c4CC)c3)cc1n2-c1cc(C)ccn1. The summed E-state index contributed by atoms with van der Waals surface area (Å²) in [7, 11) is 0. The maximum Gasteiger partial charge on any atom is 0.137 e. The average Bonchev–Trinajstić information content (AvgIpc) is 3.66. The third kappa shape index (κ3) is 6.13. The number of unbranched alkanes of at least 4 members (excludes halogenated alkanes) is 3. The van der Waals surface area contributed by atoms with Gasteiger partial charge in [-0.3, -0.25) is 4.57 Å². The summed E-state index contributed by atoms with van der Waals surface area (Å²) in [5.41, 5.74) is 10.6. The van der Waals surface area contributed by atoms with E-state index in [1.54, 1.807) is 0 Å². The summed E-state index contributed by atoms with van der Waals surface area (Å²) in [6.45, 7) is 8.76. The normalized spacial score (nSPS) is 11.5. The molecular weight excluding hydrogens is 589 g/mol. The van der Waals surface area contributed by atoms with Gasteiger partial charge in [0.15, 0.2) is 0 Å². The van der Waals surface area contributed by atoms with Crippen molar-refractivity contribution >= 4 is 21.8 Å². The molecule has 0 saturated heterocycles. The maximum absolute atomic E-state index is 6.61. The lowest BCUT2D eigenvalue weighted by atomic mass is 10.0. The van der Waals surface area contributed by atoms with Gasteiger partial charge in [-0.1, -0.05) is 82.5 Å². The van der Waals surface area contributed by atoms with Gasteiger partial charge >= 0.3 is 0 Å². The summed E-state index contributed by atoms with van der Waals surface area (Å²) in [5, 5.41) is 7.55. The van der Waals surface area contributed by atoms with Gasteiger partial charge in [-0.25, -0.2) is 9.67 Å². The van der Waals surface area contributed by atoms with Crippen LogP contribution in [-0.4, -0.2) is 19.3 Å². The van der Waals surface area contributed by atoms with Crippen molar-refractivity contribution in [3.8, 4) is 34.1 Å². The zero-order valence-corrected chi connectivity index (χ0v) is 28.5. The molecule has 0 aliphatic carbocycles. The van der Waals surface area contributed by atoms with Gasteiger partial charge in [-0.05, 0) is 97.8 Å². The van der Waals surface area contributed by atoms with Crippen LogP contribution in [0.5, 0.6) is 11.5 Å². The summed E-state index contributed by atoms with van der Waals surface area (Å²) in [6, 6.07) is 36.4. The molecule has 0 atom stereocenters. The van der Waals surface area contributed by atoms with Gasteiger partial charge in [0.05, 0.1) is 28.1 Å². The fourth-order valence-corrected chi connectivity index (χ4v) is 6.96. The van der Waals surface area contributed by atoms with Gasteiger partial charge in [-0.2, -0.15) is 5.10 Å². The van der Waals surface area contributed by atoms with Crippen LogP contribution in [0, 0.1) is 6.92 Å². The quantitative estimate of drug-likeness (QED) is 0.126. The Hall–Kier alpha value is -5.16. The average molecular weight is 633 g/mol. The highest BCUT2D eigenvalue weighted by Crippen LogP contribution is 2.37. The van der Waals surface area contributed by atoms with E-state index in [0.29, 0.717) is 0 Å². The fourth-order valence-electron chi connectivity index (χ4n) is 6.96. The third-order valence-corrected chi connectivity index (χ3v) is 9.33. The van der Waals surface area contributed by atoms with E-state index in [-0.39, 0.29) is 0 Å². The third-order valence-electron chi connectivity index (χ3n) is 9.33. The molecule has 7 aromatic rings. The lowest BCUT2D eigenvalue weighted by Crippen LogP contribution is -2.02. The largest absolute Gasteiger partial charge is 0.457 e. The maximum atomic E-state index is 6.61. The number of aromatic nitrogens is 4. The molecule has 48 heavy (non-hydrogen) atoms. The van der Waals surface area contributed by atoms with Gasteiger partial charge in [0.2, 0.25) is 0 Å². The first-order valence-corrected chi connectivity index (χ1v) is 17.5. The molecule has 0 N–H and O–H groups in total. The predicted octanol–water partition coefficient (Wildman–Crippen LogP) is 11.4. The van der Waals surface area contributed by atoms with Crippen molar-refractivity contribution in [3.05, 3.63) is 132 Å². The van der Waals surface area contributed by atoms with Crippen LogP contribution in [0.2, 0.25) is 0 Å². The minimum Gasteiger partial charge on any atom is -0.457 e. The number of rotatable bonds is 12.